The molecule has 1 aliphatic rings. The number of nitrogens with zero attached hydrogens (tertiary/aromatic N) is 3. The quantitative estimate of drug-likeness (QED) is 0.570. The van der Waals surface area contributed by atoms with Gasteiger partial charge in [0.1, 0.15) is 11.6 Å². The highest BCUT2D eigenvalue weighted by molar-refractivity contribution is 6.01. The zero-order valence-electron chi connectivity index (χ0n) is 9.87. The zero-order valence-corrected chi connectivity index (χ0v) is 9.87. The minimum atomic E-state index is -0.258. The number of hydrogen-bond acceptors (Lipinski definition) is 4. The monoisotopic (exact) mass is 243 g/mol. The number of amides is 1. The Balaban J connectivity index is 2.16. The number of pyridine rings is 1. The van der Waals surface area contributed by atoms with E-state index in [4.69, 9.17) is 10.00 Å². The van der Waals surface area contributed by atoms with Crippen molar-refractivity contribution in [3.63, 3.8) is 0 Å². The molecular weight excluding hydrogens is 230 g/mol. The predicted molar refractivity (Wildman–Crippen MR) is 65.2 cm³/mol. The van der Waals surface area contributed by atoms with Crippen LogP contribution in [0.3, 0.4) is 0 Å². The number of rotatable bonds is 2. The van der Waals surface area contributed by atoms with Crippen molar-refractivity contribution >= 4 is 12.0 Å². The number of aromatic nitrogens is 1. The van der Waals surface area contributed by atoms with Crippen LogP contribution in [0.5, 0.6) is 0 Å². The van der Waals surface area contributed by atoms with Crippen LogP contribution in [0.1, 0.15) is 5.69 Å². The second-order valence-electron chi connectivity index (χ2n) is 3.83. The second kappa shape index (κ2) is 5.94. The number of ether oxygens (including phenoxy) is 1. The average Bonchev–Trinajstić information content (AvgIpc) is 2.46. The van der Waals surface area contributed by atoms with E-state index in [0.717, 1.165) is 0 Å². The summed E-state index contributed by atoms with van der Waals surface area (Å²) in [6, 6.07) is 7.29. The van der Waals surface area contributed by atoms with Crippen LogP contribution in [0.15, 0.2) is 30.0 Å². The predicted octanol–water partition coefficient (Wildman–Crippen LogP) is 0.847. The molecule has 5 heteroatoms. The minimum absolute atomic E-state index is 0.107. The summed E-state index contributed by atoms with van der Waals surface area (Å²) in [4.78, 5) is 17.8. The van der Waals surface area contributed by atoms with Crippen molar-refractivity contribution in [2.75, 3.05) is 26.3 Å². The van der Waals surface area contributed by atoms with E-state index in [1.165, 1.54) is 6.08 Å². The van der Waals surface area contributed by atoms with Gasteiger partial charge in [-0.15, -0.1) is 0 Å². The molecule has 0 spiro atoms. The van der Waals surface area contributed by atoms with Crippen LogP contribution in [0.25, 0.3) is 6.08 Å². The van der Waals surface area contributed by atoms with Crippen molar-refractivity contribution in [3.05, 3.63) is 35.7 Å². The Labute approximate surface area is 105 Å². The van der Waals surface area contributed by atoms with Crippen molar-refractivity contribution in [2.24, 2.45) is 0 Å². The van der Waals surface area contributed by atoms with Crippen LogP contribution in [0, 0.1) is 11.3 Å². The van der Waals surface area contributed by atoms with E-state index in [-0.39, 0.29) is 11.5 Å². The van der Waals surface area contributed by atoms with Gasteiger partial charge in [0, 0.05) is 19.3 Å². The average molecular weight is 243 g/mol. The molecule has 1 saturated heterocycles. The van der Waals surface area contributed by atoms with Crippen molar-refractivity contribution in [1.82, 2.24) is 9.88 Å². The molecule has 0 radical (unpaired) electrons. The standard InChI is InChI=1S/C13H13N3O2/c14-10-11(9-12-3-1-2-4-15-12)13(17)16-5-7-18-8-6-16/h1-4,9H,5-8H2/b11-9+. The van der Waals surface area contributed by atoms with Gasteiger partial charge in [-0.3, -0.25) is 9.78 Å². The van der Waals surface area contributed by atoms with E-state index in [1.807, 2.05) is 12.1 Å². The van der Waals surface area contributed by atoms with Gasteiger partial charge in [-0.05, 0) is 18.2 Å². The molecule has 1 amide bonds. The molecule has 2 rings (SSSR count). The fraction of sp³-hybridized carbons (Fsp3) is 0.308. The number of hydrogen-bond donors (Lipinski definition) is 0. The van der Waals surface area contributed by atoms with Crippen molar-refractivity contribution in [1.29, 1.82) is 5.26 Å². The molecule has 1 aliphatic heterocycles. The Morgan fingerprint density at radius 2 is 2.22 bits per heavy atom. The Hall–Kier alpha value is -2.19. The topological polar surface area (TPSA) is 66.2 Å². The van der Waals surface area contributed by atoms with Crippen LogP contribution in [-0.4, -0.2) is 42.1 Å². The maximum atomic E-state index is 12.1. The number of carbonyl (C=O) groups is 1. The molecule has 18 heavy (non-hydrogen) atoms. The Bertz CT molecular complexity index is 485. The molecule has 0 unspecified atom stereocenters. The first kappa shape index (κ1) is 12.3. The van der Waals surface area contributed by atoms with Crippen LogP contribution >= 0.6 is 0 Å². The first-order valence-corrected chi connectivity index (χ1v) is 5.71. The third-order valence-corrected chi connectivity index (χ3v) is 2.63. The fourth-order valence-corrected chi connectivity index (χ4v) is 1.69. The molecule has 0 aromatic carbocycles. The molecule has 92 valence electrons. The second-order valence-corrected chi connectivity index (χ2v) is 3.83. The van der Waals surface area contributed by atoms with Crippen molar-refractivity contribution in [2.45, 2.75) is 0 Å². The molecule has 0 N–H and O–H groups in total. The van der Waals surface area contributed by atoms with E-state index < -0.39 is 0 Å². The lowest BCUT2D eigenvalue weighted by molar-refractivity contribution is -0.130. The van der Waals surface area contributed by atoms with E-state index >= 15 is 0 Å². The summed E-state index contributed by atoms with van der Waals surface area (Å²) in [6.07, 6.45) is 3.14. The van der Waals surface area contributed by atoms with Gasteiger partial charge < -0.3 is 9.64 Å². The van der Waals surface area contributed by atoms with E-state index in [1.54, 1.807) is 23.2 Å². The minimum Gasteiger partial charge on any atom is -0.378 e. The normalized spacial score (nSPS) is 16.2. The van der Waals surface area contributed by atoms with Gasteiger partial charge >= 0.3 is 0 Å². The molecule has 0 bridgehead atoms. The number of morpholine rings is 1. The molecule has 0 saturated carbocycles. The Morgan fingerprint density at radius 1 is 1.44 bits per heavy atom. The van der Waals surface area contributed by atoms with Crippen molar-refractivity contribution in [3.8, 4) is 6.07 Å². The molecule has 2 heterocycles. The molecule has 1 aromatic rings. The van der Waals surface area contributed by atoms with E-state index in [2.05, 4.69) is 4.98 Å². The van der Waals surface area contributed by atoms with Gasteiger partial charge in [0.25, 0.3) is 5.91 Å². The fourth-order valence-electron chi connectivity index (χ4n) is 1.69. The Morgan fingerprint density at radius 3 is 2.83 bits per heavy atom. The van der Waals surface area contributed by atoms with Gasteiger partial charge in [-0.1, -0.05) is 6.07 Å². The summed E-state index contributed by atoms with van der Waals surface area (Å²) in [5.74, 6) is -0.258. The molecule has 0 aliphatic carbocycles. The third kappa shape index (κ3) is 2.93. The maximum absolute atomic E-state index is 12.1. The lowest BCUT2D eigenvalue weighted by Crippen LogP contribution is -2.41. The van der Waals surface area contributed by atoms with Gasteiger partial charge in [-0.2, -0.15) is 5.26 Å². The Kier molecular flexibility index (Phi) is 4.05. The van der Waals surface area contributed by atoms with Crippen LogP contribution in [0.2, 0.25) is 0 Å². The number of nitriles is 1. The van der Waals surface area contributed by atoms with E-state index in [9.17, 15) is 4.79 Å². The first-order chi connectivity index (χ1) is 8.81. The van der Waals surface area contributed by atoms with Crippen LogP contribution < -0.4 is 0 Å². The summed E-state index contributed by atoms with van der Waals surface area (Å²) < 4.78 is 5.17. The first-order valence-electron chi connectivity index (χ1n) is 5.71. The third-order valence-electron chi connectivity index (χ3n) is 2.63. The van der Waals surface area contributed by atoms with E-state index in [0.29, 0.717) is 32.0 Å². The van der Waals surface area contributed by atoms with Crippen LogP contribution in [-0.2, 0) is 9.53 Å². The molecule has 5 nitrogen and oxygen atoms in total. The largest absolute Gasteiger partial charge is 0.378 e. The van der Waals surface area contributed by atoms with Gasteiger partial charge in [-0.25, -0.2) is 0 Å². The molecule has 1 fully saturated rings. The lowest BCUT2D eigenvalue weighted by atomic mass is 10.2. The SMILES string of the molecule is N#C/C(=C\c1ccccn1)C(=O)N1CCOCC1. The summed E-state index contributed by atoms with van der Waals surface area (Å²) in [6.45, 7) is 2.10. The van der Waals surface area contributed by atoms with Gasteiger partial charge in [0.05, 0.1) is 18.9 Å². The number of carbonyl (C=O) groups excluding carboxylic acids is 1. The summed E-state index contributed by atoms with van der Waals surface area (Å²) in [5.41, 5.74) is 0.714. The smallest absolute Gasteiger partial charge is 0.264 e. The van der Waals surface area contributed by atoms with Crippen molar-refractivity contribution < 1.29 is 9.53 Å². The molecule has 0 atom stereocenters. The summed E-state index contributed by atoms with van der Waals surface area (Å²) in [7, 11) is 0. The van der Waals surface area contributed by atoms with Gasteiger partial charge in [0.15, 0.2) is 0 Å². The summed E-state index contributed by atoms with van der Waals surface area (Å²) in [5, 5.41) is 9.06. The highest BCUT2D eigenvalue weighted by atomic mass is 16.5. The van der Waals surface area contributed by atoms with Crippen LogP contribution in [0.4, 0.5) is 0 Å². The highest BCUT2D eigenvalue weighted by Gasteiger charge is 2.20. The lowest BCUT2D eigenvalue weighted by Gasteiger charge is -2.26. The zero-order chi connectivity index (χ0) is 12.8. The summed E-state index contributed by atoms with van der Waals surface area (Å²) >= 11 is 0. The maximum Gasteiger partial charge on any atom is 0.264 e. The molecule has 1 aromatic heterocycles. The highest BCUT2D eigenvalue weighted by Crippen LogP contribution is 2.08. The molecular formula is C13H13N3O2. The van der Waals surface area contributed by atoms with Gasteiger partial charge in [0.2, 0.25) is 0 Å².